The fraction of sp³-hybridized carbons (Fsp3) is 0.667. The molecule has 1 heterocycles. The number of aromatic nitrogens is 2. The number of rotatable bonds is 3. The van der Waals surface area contributed by atoms with Crippen molar-refractivity contribution in [2.75, 3.05) is 0 Å². The van der Waals surface area contributed by atoms with Gasteiger partial charge < -0.3 is 5.73 Å². The van der Waals surface area contributed by atoms with Gasteiger partial charge in [-0.05, 0) is 24.8 Å². The molecule has 15 heavy (non-hydrogen) atoms. The Morgan fingerprint density at radius 1 is 1.33 bits per heavy atom. The second-order valence-electron chi connectivity index (χ2n) is 4.61. The fourth-order valence-corrected chi connectivity index (χ4v) is 2.30. The molecule has 2 rings (SSSR count). The molecule has 3 nitrogen and oxygen atoms in total. The molecule has 0 aromatic carbocycles. The van der Waals surface area contributed by atoms with Crippen LogP contribution in [0.5, 0.6) is 0 Å². The maximum atomic E-state index is 6.10. The highest BCUT2D eigenvalue weighted by atomic mass is 14.9. The van der Waals surface area contributed by atoms with Gasteiger partial charge in [-0.15, -0.1) is 0 Å². The minimum Gasteiger partial charge on any atom is -0.321 e. The van der Waals surface area contributed by atoms with Crippen LogP contribution < -0.4 is 5.73 Å². The first kappa shape index (κ1) is 10.6. The van der Waals surface area contributed by atoms with Gasteiger partial charge in [0.15, 0.2) is 0 Å². The summed E-state index contributed by atoms with van der Waals surface area (Å²) in [5.41, 5.74) is 7.19. The molecule has 0 spiro atoms. The standard InChI is InChI=1S/C12H19N3/c1-9-7-14-12(15-8-9)11(13)6-10-4-2-3-5-10/h7-8,10-11H,2-6,13H2,1H3. The van der Waals surface area contributed by atoms with E-state index >= 15 is 0 Å². The van der Waals surface area contributed by atoms with Crippen molar-refractivity contribution >= 4 is 0 Å². The normalized spacial score (nSPS) is 19.3. The van der Waals surface area contributed by atoms with Crippen molar-refractivity contribution < 1.29 is 0 Å². The molecule has 0 radical (unpaired) electrons. The summed E-state index contributed by atoms with van der Waals surface area (Å²) in [6.45, 7) is 1.99. The van der Waals surface area contributed by atoms with Crippen molar-refractivity contribution in [2.45, 2.75) is 45.1 Å². The molecule has 1 unspecified atom stereocenters. The second-order valence-corrected chi connectivity index (χ2v) is 4.61. The van der Waals surface area contributed by atoms with E-state index in [4.69, 9.17) is 5.73 Å². The van der Waals surface area contributed by atoms with E-state index in [9.17, 15) is 0 Å². The van der Waals surface area contributed by atoms with Gasteiger partial charge in [-0.1, -0.05) is 25.7 Å². The quantitative estimate of drug-likeness (QED) is 0.824. The molecular weight excluding hydrogens is 186 g/mol. The molecule has 0 aliphatic heterocycles. The number of hydrogen-bond acceptors (Lipinski definition) is 3. The van der Waals surface area contributed by atoms with Gasteiger partial charge in [-0.3, -0.25) is 0 Å². The first-order valence-electron chi connectivity index (χ1n) is 5.80. The van der Waals surface area contributed by atoms with Crippen LogP contribution >= 0.6 is 0 Å². The largest absolute Gasteiger partial charge is 0.321 e. The summed E-state index contributed by atoms with van der Waals surface area (Å²) in [6, 6.07) is 0.0219. The van der Waals surface area contributed by atoms with E-state index in [0.29, 0.717) is 0 Å². The van der Waals surface area contributed by atoms with Crippen LogP contribution in [-0.4, -0.2) is 9.97 Å². The number of nitrogens with zero attached hydrogens (tertiary/aromatic N) is 2. The lowest BCUT2D eigenvalue weighted by Gasteiger charge is -2.14. The summed E-state index contributed by atoms with van der Waals surface area (Å²) in [7, 11) is 0. The molecule has 1 aromatic heterocycles. The van der Waals surface area contributed by atoms with Crippen molar-refractivity contribution in [3.05, 3.63) is 23.8 Å². The number of nitrogens with two attached hydrogens (primary N) is 1. The molecule has 3 heteroatoms. The highest BCUT2D eigenvalue weighted by molar-refractivity contribution is 5.04. The molecule has 1 atom stereocenters. The average molecular weight is 205 g/mol. The number of aryl methyl sites for hydroxylation is 1. The Balaban J connectivity index is 1.94. The molecule has 82 valence electrons. The van der Waals surface area contributed by atoms with Gasteiger partial charge in [0.2, 0.25) is 0 Å². The Labute approximate surface area is 91.1 Å². The summed E-state index contributed by atoms with van der Waals surface area (Å²) in [5.74, 6) is 1.59. The maximum absolute atomic E-state index is 6.10. The predicted octanol–water partition coefficient (Wildman–Crippen LogP) is 2.37. The molecule has 0 amide bonds. The van der Waals surface area contributed by atoms with E-state index in [2.05, 4.69) is 9.97 Å². The molecule has 0 bridgehead atoms. The van der Waals surface area contributed by atoms with E-state index in [1.807, 2.05) is 19.3 Å². The van der Waals surface area contributed by atoms with E-state index in [0.717, 1.165) is 23.7 Å². The lowest BCUT2D eigenvalue weighted by molar-refractivity contribution is 0.439. The Kier molecular flexibility index (Phi) is 3.31. The lowest BCUT2D eigenvalue weighted by atomic mass is 9.98. The minimum atomic E-state index is 0.0219. The van der Waals surface area contributed by atoms with Crippen molar-refractivity contribution in [2.24, 2.45) is 11.7 Å². The van der Waals surface area contributed by atoms with Crippen molar-refractivity contribution in [1.29, 1.82) is 0 Å². The first-order valence-corrected chi connectivity index (χ1v) is 5.80. The van der Waals surface area contributed by atoms with Gasteiger partial charge in [-0.2, -0.15) is 0 Å². The molecule has 1 saturated carbocycles. The topological polar surface area (TPSA) is 51.8 Å². The van der Waals surface area contributed by atoms with Crippen LogP contribution in [0.2, 0.25) is 0 Å². The SMILES string of the molecule is Cc1cnc(C(N)CC2CCCC2)nc1. The highest BCUT2D eigenvalue weighted by Crippen LogP contribution is 2.31. The van der Waals surface area contributed by atoms with Crippen molar-refractivity contribution in [1.82, 2.24) is 9.97 Å². The summed E-state index contributed by atoms with van der Waals surface area (Å²) >= 11 is 0. The fourth-order valence-electron chi connectivity index (χ4n) is 2.30. The maximum Gasteiger partial charge on any atom is 0.144 e. The van der Waals surface area contributed by atoms with Crippen LogP contribution in [0, 0.1) is 12.8 Å². The predicted molar refractivity (Wildman–Crippen MR) is 60.3 cm³/mol. The average Bonchev–Trinajstić information content (AvgIpc) is 2.71. The van der Waals surface area contributed by atoms with E-state index in [-0.39, 0.29) is 6.04 Å². The Morgan fingerprint density at radius 3 is 2.53 bits per heavy atom. The first-order chi connectivity index (χ1) is 7.25. The minimum absolute atomic E-state index is 0.0219. The zero-order chi connectivity index (χ0) is 10.7. The van der Waals surface area contributed by atoms with Gasteiger partial charge in [0.25, 0.3) is 0 Å². The van der Waals surface area contributed by atoms with Crippen LogP contribution in [0.1, 0.15) is 49.5 Å². The van der Waals surface area contributed by atoms with Gasteiger partial charge in [0.1, 0.15) is 5.82 Å². The van der Waals surface area contributed by atoms with Gasteiger partial charge in [0.05, 0.1) is 6.04 Å². The smallest absolute Gasteiger partial charge is 0.144 e. The molecule has 1 aliphatic carbocycles. The number of hydrogen-bond donors (Lipinski definition) is 1. The van der Waals surface area contributed by atoms with Gasteiger partial charge in [-0.25, -0.2) is 9.97 Å². The summed E-state index contributed by atoms with van der Waals surface area (Å²) in [5, 5.41) is 0. The van der Waals surface area contributed by atoms with Crippen LogP contribution in [0.15, 0.2) is 12.4 Å². The zero-order valence-electron chi connectivity index (χ0n) is 9.32. The van der Waals surface area contributed by atoms with Gasteiger partial charge in [0, 0.05) is 12.4 Å². The van der Waals surface area contributed by atoms with Crippen molar-refractivity contribution in [3.63, 3.8) is 0 Å². The monoisotopic (exact) mass is 205 g/mol. The molecule has 1 aromatic rings. The Morgan fingerprint density at radius 2 is 1.93 bits per heavy atom. The third-order valence-corrected chi connectivity index (χ3v) is 3.19. The van der Waals surface area contributed by atoms with Gasteiger partial charge >= 0.3 is 0 Å². The van der Waals surface area contributed by atoms with E-state index in [1.54, 1.807) is 0 Å². The van der Waals surface area contributed by atoms with Crippen molar-refractivity contribution in [3.8, 4) is 0 Å². The molecule has 2 N–H and O–H groups in total. The Bertz CT molecular complexity index is 301. The molecule has 0 saturated heterocycles. The third-order valence-electron chi connectivity index (χ3n) is 3.19. The zero-order valence-corrected chi connectivity index (χ0v) is 9.32. The summed E-state index contributed by atoms with van der Waals surface area (Å²) < 4.78 is 0. The van der Waals surface area contributed by atoms with Crippen LogP contribution in [0.4, 0.5) is 0 Å². The second kappa shape index (κ2) is 4.71. The molecule has 1 aliphatic rings. The molecular formula is C12H19N3. The Hall–Kier alpha value is -0.960. The third kappa shape index (κ3) is 2.75. The summed E-state index contributed by atoms with van der Waals surface area (Å²) in [6.07, 6.45) is 10.1. The van der Waals surface area contributed by atoms with E-state index < -0.39 is 0 Å². The van der Waals surface area contributed by atoms with Crippen LogP contribution in [-0.2, 0) is 0 Å². The van der Waals surface area contributed by atoms with Crippen LogP contribution in [0.3, 0.4) is 0 Å². The van der Waals surface area contributed by atoms with E-state index in [1.165, 1.54) is 25.7 Å². The summed E-state index contributed by atoms with van der Waals surface area (Å²) in [4.78, 5) is 8.57. The van der Waals surface area contributed by atoms with Crippen LogP contribution in [0.25, 0.3) is 0 Å². The highest BCUT2D eigenvalue weighted by Gasteiger charge is 2.20. The molecule has 1 fully saturated rings. The lowest BCUT2D eigenvalue weighted by Crippen LogP contribution is -2.17.